The Bertz CT molecular complexity index is 433. The van der Waals surface area contributed by atoms with Crippen molar-refractivity contribution in [3.63, 3.8) is 0 Å². The Morgan fingerprint density at radius 3 is 2.44 bits per heavy atom. The number of aryl methyl sites for hydroxylation is 1. The van der Waals surface area contributed by atoms with Crippen LogP contribution in [0.15, 0.2) is 18.2 Å². The molecule has 0 spiro atoms. The summed E-state index contributed by atoms with van der Waals surface area (Å²) in [6, 6.07) is 5.74. The fourth-order valence-electron chi connectivity index (χ4n) is 1.95. The Balaban J connectivity index is 3.01. The van der Waals surface area contributed by atoms with E-state index in [2.05, 4.69) is 0 Å². The largest absolute Gasteiger partial charge is 0.389 e. The average molecular weight is 249 g/mol. The molecule has 0 radical (unpaired) electrons. The van der Waals surface area contributed by atoms with E-state index in [4.69, 9.17) is 0 Å². The first-order valence-corrected chi connectivity index (χ1v) is 6.34. The third kappa shape index (κ3) is 3.57. The molecular weight excluding hydrogens is 226 g/mol. The van der Waals surface area contributed by atoms with E-state index in [0.717, 1.165) is 16.7 Å². The smallest absolute Gasteiger partial charge is 0.254 e. The van der Waals surface area contributed by atoms with Crippen molar-refractivity contribution in [3.05, 3.63) is 34.9 Å². The molecule has 0 saturated carbocycles. The van der Waals surface area contributed by atoms with Gasteiger partial charge in [0.25, 0.3) is 5.91 Å². The molecular formula is C15H23NO2. The van der Waals surface area contributed by atoms with Gasteiger partial charge in [0.05, 0.1) is 5.60 Å². The molecule has 1 amide bonds. The van der Waals surface area contributed by atoms with Gasteiger partial charge in [-0.15, -0.1) is 0 Å². The van der Waals surface area contributed by atoms with Crippen LogP contribution in [0.2, 0.25) is 0 Å². The number of aliphatic hydroxyl groups is 1. The van der Waals surface area contributed by atoms with E-state index >= 15 is 0 Å². The van der Waals surface area contributed by atoms with Gasteiger partial charge in [0, 0.05) is 18.7 Å². The second kappa shape index (κ2) is 5.53. The number of nitrogens with zero attached hydrogens (tertiary/aromatic N) is 1. The van der Waals surface area contributed by atoms with Crippen LogP contribution in [0.25, 0.3) is 0 Å². The molecule has 0 aliphatic heterocycles. The van der Waals surface area contributed by atoms with E-state index in [-0.39, 0.29) is 5.91 Å². The van der Waals surface area contributed by atoms with Crippen LogP contribution in [0.1, 0.15) is 42.3 Å². The summed E-state index contributed by atoms with van der Waals surface area (Å²) in [5.41, 5.74) is 1.97. The van der Waals surface area contributed by atoms with Gasteiger partial charge in [-0.25, -0.2) is 0 Å². The highest BCUT2D eigenvalue weighted by molar-refractivity contribution is 5.96. The maximum atomic E-state index is 12.4. The minimum atomic E-state index is -0.872. The molecule has 0 aliphatic rings. The van der Waals surface area contributed by atoms with E-state index in [0.29, 0.717) is 13.1 Å². The van der Waals surface area contributed by atoms with Crippen LogP contribution < -0.4 is 0 Å². The predicted molar refractivity (Wildman–Crippen MR) is 73.8 cm³/mol. The number of carbonyl (C=O) groups excluding carboxylic acids is 1. The van der Waals surface area contributed by atoms with E-state index in [1.807, 2.05) is 39.0 Å². The summed E-state index contributed by atoms with van der Waals surface area (Å²) in [6.45, 7) is 10.2. The lowest BCUT2D eigenvalue weighted by Crippen LogP contribution is -2.42. The lowest BCUT2D eigenvalue weighted by molar-refractivity contribution is 0.0314. The third-order valence-electron chi connectivity index (χ3n) is 3.08. The zero-order valence-corrected chi connectivity index (χ0v) is 11.9. The SMILES string of the molecule is CCN(CC(C)(C)O)C(=O)c1cccc(C)c1C. The van der Waals surface area contributed by atoms with Gasteiger partial charge < -0.3 is 10.0 Å². The summed E-state index contributed by atoms with van der Waals surface area (Å²) in [7, 11) is 0. The van der Waals surface area contributed by atoms with Crippen LogP contribution >= 0.6 is 0 Å². The number of hydrogen-bond donors (Lipinski definition) is 1. The second-order valence-corrected chi connectivity index (χ2v) is 5.38. The van der Waals surface area contributed by atoms with Gasteiger partial charge >= 0.3 is 0 Å². The minimum absolute atomic E-state index is 0.0131. The van der Waals surface area contributed by atoms with Gasteiger partial charge in [-0.05, 0) is 51.8 Å². The first kappa shape index (κ1) is 14.7. The minimum Gasteiger partial charge on any atom is -0.389 e. The van der Waals surface area contributed by atoms with Gasteiger partial charge in [0.15, 0.2) is 0 Å². The van der Waals surface area contributed by atoms with Gasteiger partial charge in [-0.2, -0.15) is 0 Å². The van der Waals surface area contributed by atoms with Crippen molar-refractivity contribution in [2.24, 2.45) is 0 Å². The standard InChI is InChI=1S/C15H23NO2/c1-6-16(10-15(4,5)18)14(17)13-9-7-8-11(2)12(13)3/h7-9,18H,6,10H2,1-5H3. The molecule has 0 aliphatic carbocycles. The fraction of sp³-hybridized carbons (Fsp3) is 0.533. The van der Waals surface area contributed by atoms with Crippen LogP contribution in [-0.4, -0.2) is 34.6 Å². The van der Waals surface area contributed by atoms with Gasteiger partial charge in [0.2, 0.25) is 0 Å². The number of amides is 1. The first-order chi connectivity index (χ1) is 8.26. The molecule has 0 saturated heterocycles. The van der Waals surface area contributed by atoms with Crippen molar-refractivity contribution >= 4 is 5.91 Å². The molecule has 0 atom stereocenters. The monoisotopic (exact) mass is 249 g/mol. The molecule has 3 heteroatoms. The van der Waals surface area contributed by atoms with Crippen LogP contribution in [0.5, 0.6) is 0 Å². The lowest BCUT2D eigenvalue weighted by Gasteiger charge is -2.28. The summed E-state index contributed by atoms with van der Waals surface area (Å²) in [4.78, 5) is 14.1. The molecule has 1 N–H and O–H groups in total. The Morgan fingerprint density at radius 2 is 1.94 bits per heavy atom. The maximum Gasteiger partial charge on any atom is 0.254 e. The molecule has 3 nitrogen and oxygen atoms in total. The van der Waals surface area contributed by atoms with Crippen molar-refractivity contribution in [2.45, 2.75) is 40.2 Å². The third-order valence-corrected chi connectivity index (χ3v) is 3.08. The van der Waals surface area contributed by atoms with Crippen molar-refractivity contribution in [1.82, 2.24) is 4.90 Å². The summed E-state index contributed by atoms with van der Waals surface area (Å²) < 4.78 is 0. The van der Waals surface area contributed by atoms with E-state index < -0.39 is 5.60 Å². The molecule has 1 rings (SSSR count). The van der Waals surface area contributed by atoms with Crippen LogP contribution in [-0.2, 0) is 0 Å². The quantitative estimate of drug-likeness (QED) is 0.890. The highest BCUT2D eigenvalue weighted by Crippen LogP contribution is 2.16. The molecule has 1 aromatic rings. The van der Waals surface area contributed by atoms with E-state index in [9.17, 15) is 9.90 Å². The van der Waals surface area contributed by atoms with Crippen LogP contribution in [0.3, 0.4) is 0 Å². The molecule has 0 aromatic heterocycles. The second-order valence-electron chi connectivity index (χ2n) is 5.38. The van der Waals surface area contributed by atoms with Crippen LogP contribution in [0.4, 0.5) is 0 Å². The zero-order chi connectivity index (χ0) is 13.9. The molecule has 100 valence electrons. The molecule has 0 heterocycles. The number of hydrogen-bond acceptors (Lipinski definition) is 2. The summed E-state index contributed by atoms with van der Waals surface area (Å²) >= 11 is 0. The fourth-order valence-corrected chi connectivity index (χ4v) is 1.95. The Kier molecular flexibility index (Phi) is 4.52. The highest BCUT2D eigenvalue weighted by Gasteiger charge is 2.23. The molecule has 18 heavy (non-hydrogen) atoms. The van der Waals surface area contributed by atoms with Gasteiger partial charge in [-0.3, -0.25) is 4.79 Å². The normalized spacial score (nSPS) is 11.4. The molecule has 0 unspecified atom stereocenters. The topological polar surface area (TPSA) is 40.5 Å². The lowest BCUT2D eigenvalue weighted by atomic mass is 10.0. The average Bonchev–Trinajstić information content (AvgIpc) is 2.27. The molecule has 1 aromatic carbocycles. The Morgan fingerprint density at radius 1 is 1.33 bits per heavy atom. The number of benzene rings is 1. The van der Waals surface area contributed by atoms with Gasteiger partial charge in [-0.1, -0.05) is 12.1 Å². The van der Waals surface area contributed by atoms with Gasteiger partial charge in [0.1, 0.15) is 0 Å². The van der Waals surface area contributed by atoms with E-state index in [1.54, 1.807) is 18.7 Å². The van der Waals surface area contributed by atoms with Crippen molar-refractivity contribution in [1.29, 1.82) is 0 Å². The number of rotatable bonds is 4. The zero-order valence-electron chi connectivity index (χ0n) is 11.9. The summed E-state index contributed by atoms with van der Waals surface area (Å²) in [6.07, 6.45) is 0. The Hall–Kier alpha value is -1.35. The first-order valence-electron chi connectivity index (χ1n) is 6.34. The van der Waals surface area contributed by atoms with Crippen molar-refractivity contribution in [2.75, 3.05) is 13.1 Å². The number of likely N-dealkylation sites (N-methyl/N-ethyl adjacent to an activating group) is 1. The Labute approximate surface area is 109 Å². The molecule has 0 fully saturated rings. The maximum absolute atomic E-state index is 12.4. The van der Waals surface area contributed by atoms with Crippen molar-refractivity contribution in [3.8, 4) is 0 Å². The van der Waals surface area contributed by atoms with Crippen LogP contribution in [0, 0.1) is 13.8 Å². The van der Waals surface area contributed by atoms with Crippen molar-refractivity contribution < 1.29 is 9.90 Å². The number of carbonyl (C=O) groups is 1. The molecule has 0 bridgehead atoms. The highest BCUT2D eigenvalue weighted by atomic mass is 16.3. The predicted octanol–water partition coefficient (Wildman–Crippen LogP) is 2.54. The summed E-state index contributed by atoms with van der Waals surface area (Å²) in [5.74, 6) is -0.0131. The summed E-state index contributed by atoms with van der Waals surface area (Å²) in [5, 5.41) is 9.84. The van der Waals surface area contributed by atoms with E-state index in [1.165, 1.54) is 0 Å².